The van der Waals surface area contributed by atoms with Crippen LogP contribution in [0, 0.1) is 0 Å². The molecule has 0 aliphatic rings. The normalized spacial score (nSPS) is 15.4. The Bertz CT molecular complexity index is 105. The quantitative estimate of drug-likeness (QED) is 0.592. The van der Waals surface area contributed by atoms with Crippen molar-refractivity contribution in [3.63, 3.8) is 0 Å². The van der Waals surface area contributed by atoms with Gasteiger partial charge in [0.2, 0.25) is 0 Å². The van der Waals surface area contributed by atoms with Crippen LogP contribution in [-0.4, -0.2) is 12.6 Å². The van der Waals surface area contributed by atoms with Gasteiger partial charge < -0.3 is 5.32 Å². The van der Waals surface area contributed by atoms with E-state index < -0.39 is 0 Å². The van der Waals surface area contributed by atoms with E-state index in [4.69, 9.17) is 0 Å². The zero-order chi connectivity index (χ0) is 7.98. The lowest BCUT2D eigenvalue weighted by Crippen LogP contribution is -2.27. The van der Waals surface area contributed by atoms with E-state index in [0.717, 1.165) is 6.54 Å². The molecule has 1 N–H and O–H groups in total. The molecule has 0 spiro atoms. The molecule has 60 valence electrons. The summed E-state index contributed by atoms with van der Waals surface area (Å²) in [7, 11) is 0. The third kappa shape index (κ3) is 3.67. The van der Waals surface area contributed by atoms with Gasteiger partial charge in [-0.05, 0) is 33.7 Å². The minimum absolute atomic E-state index is 0.546. The monoisotopic (exact) mass is 141 g/mol. The molecule has 0 aliphatic heterocycles. The van der Waals surface area contributed by atoms with E-state index in [9.17, 15) is 0 Å². The van der Waals surface area contributed by atoms with Crippen molar-refractivity contribution in [2.45, 2.75) is 40.2 Å². The summed E-state index contributed by atoms with van der Waals surface area (Å²) >= 11 is 0. The van der Waals surface area contributed by atoms with Gasteiger partial charge >= 0.3 is 0 Å². The molecule has 1 unspecified atom stereocenters. The SMILES string of the molecule is C/C=C(/C)C(C)NCCC. The first-order chi connectivity index (χ1) is 4.72. The van der Waals surface area contributed by atoms with Crippen molar-refractivity contribution in [1.29, 1.82) is 0 Å². The van der Waals surface area contributed by atoms with Crippen LogP contribution in [0.15, 0.2) is 11.6 Å². The summed E-state index contributed by atoms with van der Waals surface area (Å²) in [5.41, 5.74) is 1.42. The van der Waals surface area contributed by atoms with Crippen LogP contribution in [0.4, 0.5) is 0 Å². The van der Waals surface area contributed by atoms with Gasteiger partial charge in [-0.15, -0.1) is 0 Å². The van der Waals surface area contributed by atoms with Crippen molar-refractivity contribution in [1.82, 2.24) is 5.32 Å². The second-order valence-corrected chi connectivity index (χ2v) is 2.71. The van der Waals surface area contributed by atoms with E-state index in [1.807, 2.05) is 0 Å². The molecule has 0 aromatic rings. The minimum Gasteiger partial charge on any atom is -0.311 e. The molecule has 0 aliphatic carbocycles. The van der Waals surface area contributed by atoms with E-state index >= 15 is 0 Å². The van der Waals surface area contributed by atoms with Gasteiger partial charge in [0, 0.05) is 6.04 Å². The fourth-order valence-corrected chi connectivity index (χ4v) is 0.772. The Hall–Kier alpha value is -0.300. The van der Waals surface area contributed by atoms with Crippen LogP contribution in [0.5, 0.6) is 0 Å². The molecule has 0 bridgehead atoms. The lowest BCUT2D eigenvalue weighted by molar-refractivity contribution is 0.601. The smallest absolute Gasteiger partial charge is 0.0248 e. The Morgan fingerprint density at radius 2 is 2.20 bits per heavy atom. The largest absolute Gasteiger partial charge is 0.311 e. The first kappa shape index (κ1) is 9.70. The van der Waals surface area contributed by atoms with Crippen LogP contribution in [0.3, 0.4) is 0 Å². The maximum Gasteiger partial charge on any atom is 0.0248 e. The van der Waals surface area contributed by atoms with E-state index in [0.29, 0.717) is 6.04 Å². The first-order valence-electron chi connectivity index (χ1n) is 4.08. The highest BCUT2D eigenvalue weighted by Crippen LogP contribution is 1.98. The molecular formula is C9H19N. The average Bonchev–Trinajstić information content (AvgIpc) is 1.98. The Balaban J connectivity index is 3.51. The summed E-state index contributed by atoms with van der Waals surface area (Å²) in [6.07, 6.45) is 3.37. The Morgan fingerprint density at radius 1 is 1.60 bits per heavy atom. The summed E-state index contributed by atoms with van der Waals surface area (Å²) in [6, 6.07) is 0.546. The van der Waals surface area contributed by atoms with Gasteiger partial charge in [-0.2, -0.15) is 0 Å². The predicted molar refractivity (Wildman–Crippen MR) is 47.2 cm³/mol. The summed E-state index contributed by atoms with van der Waals surface area (Å²) < 4.78 is 0. The molecule has 1 heteroatoms. The zero-order valence-electron chi connectivity index (χ0n) is 7.57. The molecular weight excluding hydrogens is 122 g/mol. The predicted octanol–water partition coefficient (Wildman–Crippen LogP) is 2.34. The summed E-state index contributed by atoms with van der Waals surface area (Å²) in [6.45, 7) is 9.74. The van der Waals surface area contributed by atoms with Gasteiger partial charge in [0.25, 0.3) is 0 Å². The second kappa shape index (κ2) is 5.48. The molecule has 0 aromatic heterocycles. The van der Waals surface area contributed by atoms with E-state index in [2.05, 4.69) is 39.1 Å². The highest BCUT2D eigenvalue weighted by atomic mass is 14.9. The molecule has 10 heavy (non-hydrogen) atoms. The molecule has 0 fully saturated rings. The topological polar surface area (TPSA) is 12.0 Å². The van der Waals surface area contributed by atoms with Crippen LogP contribution >= 0.6 is 0 Å². The summed E-state index contributed by atoms with van der Waals surface area (Å²) in [4.78, 5) is 0. The summed E-state index contributed by atoms with van der Waals surface area (Å²) in [5.74, 6) is 0. The molecule has 0 aromatic carbocycles. The van der Waals surface area contributed by atoms with E-state index in [1.165, 1.54) is 12.0 Å². The van der Waals surface area contributed by atoms with E-state index in [1.54, 1.807) is 0 Å². The van der Waals surface area contributed by atoms with Gasteiger partial charge in [0.05, 0.1) is 0 Å². The van der Waals surface area contributed by atoms with Crippen molar-refractivity contribution in [3.05, 3.63) is 11.6 Å². The van der Waals surface area contributed by atoms with Crippen molar-refractivity contribution in [3.8, 4) is 0 Å². The van der Waals surface area contributed by atoms with Gasteiger partial charge in [-0.1, -0.05) is 18.6 Å². The van der Waals surface area contributed by atoms with Crippen LogP contribution < -0.4 is 5.32 Å². The molecule has 1 atom stereocenters. The molecule has 0 saturated heterocycles. The third-order valence-corrected chi connectivity index (χ3v) is 1.84. The fraction of sp³-hybridized carbons (Fsp3) is 0.778. The highest BCUT2D eigenvalue weighted by molar-refractivity contribution is 5.04. The molecule has 0 amide bonds. The zero-order valence-corrected chi connectivity index (χ0v) is 7.57. The summed E-state index contributed by atoms with van der Waals surface area (Å²) in [5, 5.41) is 3.41. The standard InChI is InChI=1S/C9H19N/c1-5-7-10-9(4)8(3)6-2/h6,9-10H,5,7H2,1-4H3/b8-6-. The Labute approximate surface area is 64.5 Å². The molecule has 0 radical (unpaired) electrons. The van der Waals surface area contributed by atoms with Crippen molar-refractivity contribution >= 4 is 0 Å². The first-order valence-corrected chi connectivity index (χ1v) is 4.08. The average molecular weight is 141 g/mol. The number of rotatable bonds is 4. The lowest BCUT2D eigenvalue weighted by Gasteiger charge is -2.12. The lowest BCUT2D eigenvalue weighted by atomic mass is 10.1. The van der Waals surface area contributed by atoms with Crippen molar-refractivity contribution in [2.24, 2.45) is 0 Å². The fourth-order valence-electron chi connectivity index (χ4n) is 0.772. The van der Waals surface area contributed by atoms with Crippen LogP contribution in [-0.2, 0) is 0 Å². The van der Waals surface area contributed by atoms with Crippen molar-refractivity contribution < 1.29 is 0 Å². The number of hydrogen-bond acceptors (Lipinski definition) is 1. The molecule has 0 heterocycles. The van der Waals surface area contributed by atoms with E-state index in [-0.39, 0.29) is 0 Å². The van der Waals surface area contributed by atoms with Gasteiger partial charge in [0.1, 0.15) is 0 Å². The maximum atomic E-state index is 3.41. The molecule has 0 saturated carbocycles. The Kier molecular flexibility index (Phi) is 5.32. The number of allylic oxidation sites excluding steroid dienone is 1. The third-order valence-electron chi connectivity index (χ3n) is 1.84. The Morgan fingerprint density at radius 3 is 2.60 bits per heavy atom. The van der Waals surface area contributed by atoms with Gasteiger partial charge in [0.15, 0.2) is 0 Å². The maximum absolute atomic E-state index is 3.41. The second-order valence-electron chi connectivity index (χ2n) is 2.71. The van der Waals surface area contributed by atoms with Crippen LogP contribution in [0.25, 0.3) is 0 Å². The molecule has 1 nitrogen and oxygen atoms in total. The van der Waals surface area contributed by atoms with Gasteiger partial charge in [-0.25, -0.2) is 0 Å². The van der Waals surface area contributed by atoms with Gasteiger partial charge in [-0.3, -0.25) is 0 Å². The van der Waals surface area contributed by atoms with Crippen LogP contribution in [0.1, 0.15) is 34.1 Å². The highest BCUT2D eigenvalue weighted by Gasteiger charge is 1.99. The molecule has 0 rings (SSSR count). The van der Waals surface area contributed by atoms with Crippen molar-refractivity contribution in [2.75, 3.05) is 6.54 Å². The van der Waals surface area contributed by atoms with Crippen LogP contribution in [0.2, 0.25) is 0 Å². The minimum atomic E-state index is 0.546. The number of hydrogen-bond donors (Lipinski definition) is 1. The number of nitrogens with one attached hydrogen (secondary N) is 1.